The van der Waals surface area contributed by atoms with Crippen molar-refractivity contribution in [1.82, 2.24) is 0 Å². The molecule has 0 aliphatic heterocycles. The fourth-order valence-corrected chi connectivity index (χ4v) is 2.59. The molecule has 0 unspecified atom stereocenters. The van der Waals surface area contributed by atoms with Crippen LogP contribution in [0.5, 0.6) is 0 Å². The highest BCUT2D eigenvalue weighted by Gasteiger charge is 2.15. The summed E-state index contributed by atoms with van der Waals surface area (Å²) in [6.07, 6.45) is 0. The lowest BCUT2D eigenvalue weighted by molar-refractivity contribution is -0.119. The number of nitrogens with one attached hydrogen (secondary N) is 2. The molecule has 0 bridgehead atoms. The Hall–Kier alpha value is -3.67. The number of hydrogen-bond acceptors (Lipinski definition) is 4. The Balaban J connectivity index is 1.63. The number of carbonyl (C=O) groups is 2. The summed E-state index contributed by atoms with van der Waals surface area (Å²) in [7, 11) is 0. The van der Waals surface area contributed by atoms with Crippen LogP contribution in [-0.2, 0) is 9.53 Å². The van der Waals surface area contributed by atoms with Crippen molar-refractivity contribution in [1.29, 1.82) is 0 Å². The predicted octanol–water partition coefficient (Wildman–Crippen LogP) is 4.67. The minimum atomic E-state index is -0.634. The number of ether oxygens (including phenoxy) is 1. The van der Waals surface area contributed by atoms with Gasteiger partial charge < -0.3 is 15.4 Å². The zero-order valence-corrected chi connectivity index (χ0v) is 15.2. The van der Waals surface area contributed by atoms with E-state index >= 15 is 0 Å². The summed E-state index contributed by atoms with van der Waals surface area (Å²) in [4.78, 5) is 24.5. The average molecular weight is 378 g/mol. The maximum atomic E-state index is 13.5. The number of esters is 1. The number of carbonyl (C=O) groups excluding carboxylic acids is 2. The lowest BCUT2D eigenvalue weighted by atomic mass is 10.1. The number of amides is 1. The van der Waals surface area contributed by atoms with Gasteiger partial charge in [-0.05, 0) is 43.3 Å². The lowest BCUT2D eigenvalue weighted by Gasteiger charge is -2.12. The van der Waals surface area contributed by atoms with Crippen molar-refractivity contribution in [2.24, 2.45) is 0 Å². The highest BCUT2D eigenvalue weighted by Crippen LogP contribution is 2.21. The maximum absolute atomic E-state index is 13.5. The van der Waals surface area contributed by atoms with Crippen LogP contribution >= 0.6 is 0 Å². The topological polar surface area (TPSA) is 67.4 Å². The van der Waals surface area contributed by atoms with Gasteiger partial charge >= 0.3 is 5.97 Å². The Morgan fingerprint density at radius 1 is 0.893 bits per heavy atom. The van der Waals surface area contributed by atoms with Crippen LogP contribution in [0.2, 0.25) is 0 Å². The van der Waals surface area contributed by atoms with E-state index in [-0.39, 0.29) is 0 Å². The first-order valence-electron chi connectivity index (χ1n) is 8.68. The zero-order valence-electron chi connectivity index (χ0n) is 15.2. The van der Waals surface area contributed by atoms with Crippen LogP contribution in [0.4, 0.5) is 21.5 Å². The Labute approximate surface area is 162 Å². The number of hydrogen-bond donors (Lipinski definition) is 2. The summed E-state index contributed by atoms with van der Waals surface area (Å²) in [5.74, 6) is -1.60. The normalized spacial score (nSPS) is 10.2. The predicted molar refractivity (Wildman–Crippen MR) is 106 cm³/mol. The summed E-state index contributed by atoms with van der Waals surface area (Å²) in [5.41, 5.74) is 2.36. The molecule has 28 heavy (non-hydrogen) atoms. The first kappa shape index (κ1) is 19.1. The molecule has 0 spiro atoms. The molecule has 0 aliphatic rings. The molecule has 0 atom stereocenters. The zero-order chi connectivity index (χ0) is 19.9. The van der Waals surface area contributed by atoms with Gasteiger partial charge in [-0.3, -0.25) is 4.79 Å². The van der Waals surface area contributed by atoms with Crippen molar-refractivity contribution in [3.63, 3.8) is 0 Å². The van der Waals surface area contributed by atoms with Gasteiger partial charge in [-0.15, -0.1) is 0 Å². The molecule has 142 valence electrons. The largest absolute Gasteiger partial charge is 0.452 e. The van der Waals surface area contributed by atoms with E-state index in [1.165, 1.54) is 12.1 Å². The molecule has 0 heterocycles. The summed E-state index contributed by atoms with van der Waals surface area (Å²) in [6, 6.07) is 20.6. The van der Waals surface area contributed by atoms with E-state index in [0.717, 1.165) is 5.69 Å². The second-order valence-electron chi connectivity index (χ2n) is 6.07. The molecule has 1 amide bonds. The van der Waals surface area contributed by atoms with Gasteiger partial charge in [0.25, 0.3) is 5.91 Å². The summed E-state index contributed by atoms with van der Waals surface area (Å²) in [5, 5.41) is 5.69. The highest BCUT2D eigenvalue weighted by atomic mass is 19.1. The lowest BCUT2D eigenvalue weighted by Crippen LogP contribution is -2.21. The fourth-order valence-electron chi connectivity index (χ4n) is 2.59. The minimum absolute atomic E-state index is 0.307. The minimum Gasteiger partial charge on any atom is -0.452 e. The number of rotatable bonds is 6. The van der Waals surface area contributed by atoms with Crippen molar-refractivity contribution in [3.8, 4) is 0 Å². The molecule has 0 aromatic heterocycles. The number of halogens is 1. The molecule has 3 aromatic rings. The molecule has 0 fully saturated rings. The molecular formula is C22H19FN2O3. The Morgan fingerprint density at radius 2 is 1.57 bits per heavy atom. The first-order valence-corrected chi connectivity index (χ1v) is 8.68. The number of para-hydroxylation sites is 2. The monoisotopic (exact) mass is 378 g/mol. The third-order valence-electron chi connectivity index (χ3n) is 4.08. The standard InChI is InChI=1S/C22H19FN2O3/c1-15-18(23)11-7-13-19(15)25-21(26)14-28-22(27)17-10-5-6-12-20(17)24-16-8-3-2-4-9-16/h2-13,24H,14H2,1H3,(H,25,26). The van der Waals surface area contributed by atoms with E-state index in [1.54, 1.807) is 37.3 Å². The van der Waals surface area contributed by atoms with Crippen molar-refractivity contribution in [3.05, 3.63) is 89.7 Å². The van der Waals surface area contributed by atoms with Crippen LogP contribution in [0, 0.1) is 12.7 Å². The van der Waals surface area contributed by atoms with Gasteiger partial charge in [0.2, 0.25) is 0 Å². The van der Waals surface area contributed by atoms with Crippen molar-refractivity contribution in [2.45, 2.75) is 6.92 Å². The third kappa shape index (κ3) is 4.73. The Bertz CT molecular complexity index is 990. The Morgan fingerprint density at radius 3 is 2.36 bits per heavy atom. The maximum Gasteiger partial charge on any atom is 0.340 e. The molecule has 0 aliphatic carbocycles. The van der Waals surface area contributed by atoms with E-state index in [0.29, 0.717) is 22.5 Å². The molecule has 0 saturated carbocycles. The molecule has 0 saturated heterocycles. The van der Waals surface area contributed by atoms with Gasteiger partial charge in [-0.25, -0.2) is 9.18 Å². The van der Waals surface area contributed by atoms with E-state index in [4.69, 9.17) is 4.74 Å². The Kier molecular flexibility index (Phi) is 6.01. The van der Waals surface area contributed by atoms with Gasteiger partial charge in [-0.2, -0.15) is 0 Å². The summed E-state index contributed by atoms with van der Waals surface area (Å²) >= 11 is 0. The first-order chi connectivity index (χ1) is 13.5. The van der Waals surface area contributed by atoms with Crippen LogP contribution in [0.3, 0.4) is 0 Å². The summed E-state index contributed by atoms with van der Waals surface area (Å²) < 4.78 is 18.7. The van der Waals surface area contributed by atoms with E-state index < -0.39 is 24.3 Å². The third-order valence-corrected chi connectivity index (χ3v) is 4.08. The van der Waals surface area contributed by atoms with Crippen molar-refractivity contribution < 1.29 is 18.7 Å². The fraction of sp³-hybridized carbons (Fsp3) is 0.0909. The van der Waals surface area contributed by atoms with Crippen LogP contribution < -0.4 is 10.6 Å². The van der Waals surface area contributed by atoms with Gasteiger partial charge in [-0.1, -0.05) is 36.4 Å². The number of benzene rings is 3. The van der Waals surface area contributed by atoms with E-state index in [1.807, 2.05) is 30.3 Å². The van der Waals surface area contributed by atoms with Gasteiger partial charge in [0.15, 0.2) is 6.61 Å². The molecule has 3 aromatic carbocycles. The summed E-state index contributed by atoms with van der Waals surface area (Å²) in [6.45, 7) is 1.08. The highest BCUT2D eigenvalue weighted by molar-refractivity contribution is 5.99. The van der Waals surface area contributed by atoms with Crippen LogP contribution in [-0.4, -0.2) is 18.5 Å². The van der Waals surface area contributed by atoms with Gasteiger partial charge in [0.05, 0.1) is 11.3 Å². The second kappa shape index (κ2) is 8.81. The van der Waals surface area contributed by atoms with Crippen molar-refractivity contribution >= 4 is 28.9 Å². The molecule has 2 N–H and O–H groups in total. The molecule has 0 radical (unpaired) electrons. The van der Waals surface area contributed by atoms with E-state index in [9.17, 15) is 14.0 Å². The van der Waals surface area contributed by atoms with Crippen LogP contribution in [0.25, 0.3) is 0 Å². The number of anilines is 3. The molecule has 6 heteroatoms. The SMILES string of the molecule is Cc1c(F)cccc1NC(=O)COC(=O)c1ccccc1Nc1ccccc1. The van der Waals surface area contributed by atoms with E-state index in [2.05, 4.69) is 10.6 Å². The average Bonchev–Trinajstić information content (AvgIpc) is 2.71. The molecular weight excluding hydrogens is 359 g/mol. The second-order valence-corrected chi connectivity index (χ2v) is 6.07. The van der Waals surface area contributed by atoms with Gasteiger partial charge in [0.1, 0.15) is 5.82 Å². The van der Waals surface area contributed by atoms with Gasteiger partial charge in [0, 0.05) is 16.9 Å². The van der Waals surface area contributed by atoms with Crippen LogP contribution in [0.15, 0.2) is 72.8 Å². The quantitative estimate of drug-likeness (QED) is 0.612. The van der Waals surface area contributed by atoms with Crippen molar-refractivity contribution in [2.75, 3.05) is 17.2 Å². The van der Waals surface area contributed by atoms with Crippen LogP contribution in [0.1, 0.15) is 15.9 Å². The smallest absolute Gasteiger partial charge is 0.340 e. The molecule has 3 rings (SSSR count). The molecule has 5 nitrogen and oxygen atoms in total.